The van der Waals surface area contributed by atoms with Gasteiger partial charge in [-0.2, -0.15) is 4.31 Å². The molecule has 2 aromatic heterocycles. The van der Waals surface area contributed by atoms with Crippen LogP contribution in [0.3, 0.4) is 0 Å². The first-order chi connectivity index (χ1) is 16.7. The van der Waals surface area contributed by atoms with Crippen molar-refractivity contribution in [2.75, 3.05) is 31.1 Å². The van der Waals surface area contributed by atoms with Crippen LogP contribution in [0.5, 0.6) is 0 Å². The zero-order valence-corrected chi connectivity index (χ0v) is 22.9. The summed E-state index contributed by atoms with van der Waals surface area (Å²) in [5.74, 6) is -0.255. The molecule has 4 heterocycles. The minimum absolute atomic E-state index is 0.00141. The molecule has 188 valence electrons. The average Bonchev–Trinajstić information content (AvgIpc) is 3.59. The summed E-state index contributed by atoms with van der Waals surface area (Å²) in [5.41, 5.74) is 3.27. The molecule has 0 spiro atoms. The number of halogens is 1. The van der Waals surface area contributed by atoms with Crippen molar-refractivity contribution in [1.29, 1.82) is 0 Å². The van der Waals surface area contributed by atoms with Crippen LogP contribution in [0.2, 0.25) is 4.34 Å². The van der Waals surface area contributed by atoms with Crippen LogP contribution in [0, 0.1) is 19.8 Å². The van der Waals surface area contributed by atoms with Crippen molar-refractivity contribution < 1.29 is 17.9 Å². The number of thiophene rings is 1. The van der Waals surface area contributed by atoms with E-state index in [4.69, 9.17) is 21.3 Å². The van der Waals surface area contributed by atoms with E-state index in [0.29, 0.717) is 48.6 Å². The highest BCUT2D eigenvalue weighted by atomic mass is 35.5. The summed E-state index contributed by atoms with van der Waals surface area (Å²) in [5, 5.41) is 0.689. The van der Waals surface area contributed by atoms with Gasteiger partial charge in [0.1, 0.15) is 4.21 Å². The molecule has 0 N–H and O–H groups in total. The standard InChI is InChI=1S/C24H28ClN3O4S3/c1-15-12-19-20(13-16(15)2)33-24(26-19)28(14-18-4-3-11-32-18)23(29)17-7-9-27(10-8-17)35(30,31)22-6-5-21(25)34-22/h5-6,12-13,17-18H,3-4,7-11,14H2,1-2H3. The van der Waals surface area contributed by atoms with Crippen molar-refractivity contribution >= 4 is 65.6 Å². The lowest BCUT2D eigenvalue weighted by molar-refractivity contribution is -0.123. The van der Waals surface area contributed by atoms with E-state index in [9.17, 15) is 13.2 Å². The van der Waals surface area contributed by atoms with E-state index >= 15 is 0 Å². The van der Waals surface area contributed by atoms with Crippen molar-refractivity contribution in [2.45, 2.75) is 49.8 Å². The third kappa shape index (κ3) is 5.14. The number of carbonyl (C=O) groups excluding carboxylic acids is 1. The summed E-state index contributed by atoms with van der Waals surface area (Å²) >= 11 is 8.54. The smallest absolute Gasteiger partial charge is 0.252 e. The van der Waals surface area contributed by atoms with Gasteiger partial charge in [0.2, 0.25) is 5.91 Å². The number of benzene rings is 1. The minimum Gasteiger partial charge on any atom is -0.376 e. The number of piperidine rings is 1. The molecule has 5 rings (SSSR count). The third-order valence-electron chi connectivity index (χ3n) is 6.85. The van der Waals surface area contributed by atoms with Crippen LogP contribution in [0.4, 0.5) is 5.13 Å². The molecule has 0 aliphatic carbocycles. The molecule has 1 atom stereocenters. The van der Waals surface area contributed by atoms with Gasteiger partial charge in [0.25, 0.3) is 10.0 Å². The van der Waals surface area contributed by atoms with E-state index in [1.807, 2.05) is 0 Å². The Bertz CT molecular complexity index is 1300. The molecule has 7 nitrogen and oxygen atoms in total. The number of thiazole rings is 1. The van der Waals surface area contributed by atoms with Gasteiger partial charge in [-0.05, 0) is 74.9 Å². The van der Waals surface area contributed by atoms with E-state index in [1.165, 1.54) is 26.8 Å². The third-order valence-corrected chi connectivity index (χ3v) is 11.5. The molecule has 35 heavy (non-hydrogen) atoms. The normalized spacial score (nSPS) is 20.0. The number of nitrogens with zero attached hydrogens (tertiary/aromatic N) is 3. The summed E-state index contributed by atoms with van der Waals surface area (Å²) in [6.07, 6.45) is 2.87. The number of amides is 1. The molecule has 2 fully saturated rings. The van der Waals surface area contributed by atoms with Crippen molar-refractivity contribution in [1.82, 2.24) is 9.29 Å². The lowest BCUT2D eigenvalue weighted by Crippen LogP contribution is -2.46. The maximum atomic E-state index is 13.8. The van der Waals surface area contributed by atoms with Gasteiger partial charge >= 0.3 is 0 Å². The molecule has 2 aliphatic rings. The molecular formula is C24H28ClN3O4S3. The van der Waals surface area contributed by atoms with E-state index < -0.39 is 10.0 Å². The number of aryl methyl sites for hydroxylation is 2. The number of carbonyl (C=O) groups is 1. The van der Waals surface area contributed by atoms with Gasteiger partial charge in [0.05, 0.1) is 27.2 Å². The predicted molar refractivity (Wildman–Crippen MR) is 141 cm³/mol. The second-order valence-corrected chi connectivity index (χ2v) is 14.1. The topological polar surface area (TPSA) is 79.8 Å². The predicted octanol–water partition coefficient (Wildman–Crippen LogP) is 5.24. The zero-order chi connectivity index (χ0) is 24.7. The lowest BCUT2D eigenvalue weighted by atomic mass is 9.96. The van der Waals surface area contributed by atoms with E-state index in [0.717, 1.165) is 34.4 Å². The second-order valence-electron chi connectivity index (χ2n) is 9.22. The van der Waals surface area contributed by atoms with Gasteiger partial charge in [0.15, 0.2) is 5.13 Å². The molecule has 3 aromatic rings. The first kappa shape index (κ1) is 25.1. The summed E-state index contributed by atoms with van der Waals surface area (Å²) in [6.45, 7) is 5.95. The quantitative estimate of drug-likeness (QED) is 0.417. The highest BCUT2D eigenvalue weighted by Gasteiger charge is 2.36. The summed E-state index contributed by atoms with van der Waals surface area (Å²) in [6, 6.07) is 7.33. The van der Waals surface area contributed by atoms with Crippen molar-refractivity contribution in [3.05, 3.63) is 39.7 Å². The summed E-state index contributed by atoms with van der Waals surface area (Å²) in [4.78, 5) is 20.4. The number of aromatic nitrogens is 1. The van der Waals surface area contributed by atoms with Crippen LogP contribution in [0.15, 0.2) is 28.5 Å². The van der Waals surface area contributed by atoms with Gasteiger partial charge in [0, 0.05) is 25.6 Å². The number of hydrogen-bond acceptors (Lipinski definition) is 7. The maximum absolute atomic E-state index is 13.8. The Morgan fingerprint density at radius 3 is 2.57 bits per heavy atom. The first-order valence-electron chi connectivity index (χ1n) is 11.8. The minimum atomic E-state index is -3.59. The van der Waals surface area contributed by atoms with Crippen LogP contribution >= 0.6 is 34.3 Å². The Kier molecular flexibility index (Phi) is 7.22. The molecule has 0 bridgehead atoms. The monoisotopic (exact) mass is 553 g/mol. The molecule has 2 saturated heterocycles. The Morgan fingerprint density at radius 1 is 1.17 bits per heavy atom. The summed E-state index contributed by atoms with van der Waals surface area (Å²) < 4.78 is 35.0. The Labute approximate surface area is 218 Å². The number of rotatable bonds is 6. The van der Waals surface area contributed by atoms with Crippen LogP contribution in [0.25, 0.3) is 10.2 Å². The fourth-order valence-electron chi connectivity index (χ4n) is 4.66. The Hall–Kier alpha value is -1.56. The van der Waals surface area contributed by atoms with Crippen LogP contribution in [0.1, 0.15) is 36.8 Å². The largest absolute Gasteiger partial charge is 0.376 e. The van der Waals surface area contributed by atoms with Crippen molar-refractivity contribution in [2.24, 2.45) is 5.92 Å². The number of sulfonamides is 1. The highest BCUT2D eigenvalue weighted by Crippen LogP contribution is 2.35. The lowest BCUT2D eigenvalue weighted by Gasteiger charge is -2.33. The van der Waals surface area contributed by atoms with E-state index in [-0.39, 0.29) is 22.1 Å². The fourth-order valence-corrected chi connectivity index (χ4v) is 8.83. The molecule has 2 aliphatic heterocycles. The molecule has 1 unspecified atom stereocenters. The van der Waals surface area contributed by atoms with E-state index in [1.54, 1.807) is 17.0 Å². The molecule has 0 radical (unpaired) electrons. The highest BCUT2D eigenvalue weighted by molar-refractivity contribution is 7.91. The van der Waals surface area contributed by atoms with Crippen LogP contribution in [-0.4, -0.2) is 56.0 Å². The molecule has 1 aromatic carbocycles. The van der Waals surface area contributed by atoms with Gasteiger partial charge in [-0.1, -0.05) is 22.9 Å². The van der Waals surface area contributed by atoms with Crippen molar-refractivity contribution in [3.63, 3.8) is 0 Å². The average molecular weight is 554 g/mol. The van der Waals surface area contributed by atoms with Crippen molar-refractivity contribution in [3.8, 4) is 0 Å². The van der Waals surface area contributed by atoms with Gasteiger partial charge in [-0.3, -0.25) is 9.69 Å². The van der Waals surface area contributed by atoms with Crippen LogP contribution < -0.4 is 4.90 Å². The number of anilines is 1. The second kappa shape index (κ2) is 10.1. The van der Waals surface area contributed by atoms with Crippen LogP contribution in [-0.2, 0) is 19.6 Å². The van der Waals surface area contributed by atoms with Gasteiger partial charge in [-0.25, -0.2) is 13.4 Å². The maximum Gasteiger partial charge on any atom is 0.252 e. The zero-order valence-electron chi connectivity index (χ0n) is 19.7. The fraction of sp³-hybridized carbons (Fsp3) is 0.500. The van der Waals surface area contributed by atoms with Gasteiger partial charge < -0.3 is 4.74 Å². The first-order valence-corrected chi connectivity index (χ1v) is 15.2. The summed E-state index contributed by atoms with van der Waals surface area (Å²) in [7, 11) is -3.59. The Balaban J connectivity index is 1.35. The number of hydrogen-bond donors (Lipinski definition) is 0. The van der Waals surface area contributed by atoms with E-state index in [2.05, 4.69) is 26.0 Å². The molecular weight excluding hydrogens is 526 g/mol. The SMILES string of the molecule is Cc1cc2nc(N(CC3CCCO3)C(=O)C3CCN(S(=O)(=O)c4ccc(Cl)s4)CC3)sc2cc1C. The number of ether oxygens (including phenoxy) is 1. The molecule has 11 heteroatoms. The van der Waals surface area contributed by atoms with Gasteiger partial charge in [-0.15, -0.1) is 11.3 Å². The Morgan fingerprint density at radius 2 is 1.91 bits per heavy atom. The number of fused-ring (bicyclic) bond motifs is 1. The molecule has 0 saturated carbocycles. The molecule has 1 amide bonds.